The number of fused-ring (bicyclic) bond motifs is 1. The number of amides is 1. The van der Waals surface area contributed by atoms with E-state index in [-0.39, 0.29) is 11.9 Å². The van der Waals surface area contributed by atoms with Crippen LogP contribution < -0.4 is 10.2 Å². The summed E-state index contributed by atoms with van der Waals surface area (Å²) in [7, 11) is 4.04. The molecular weight excluding hydrogens is 274 g/mol. The molecule has 0 aromatic heterocycles. The van der Waals surface area contributed by atoms with Gasteiger partial charge in [0.2, 0.25) is 0 Å². The molecule has 4 nitrogen and oxygen atoms in total. The van der Waals surface area contributed by atoms with Crippen molar-refractivity contribution < 1.29 is 4.79 Å². The molecule has 0 saturated heterocycles. The summed E-state index contributed by atoms with van der Waals surface area (Å²) in [5.74, 6) is 0.103. The fraction of sp³-hybridized carbons (Fsp3) is 0.278. The summed E-state index contributed by atoms with van der Waals surface area (Å²) in [6.45, 7) is 1.52. The molecule has 4 heteroatoms. The zero-order chi connectivity index (χ0) is 15.5. The van der Waals surface area contributed by atoms with Crippen LogP contribution >= 0.6 is 0 Å². The number of para-hydroxylation sites is 2. The zero-order valence-electron chi connectivity index (χ0n) is 13.0. The largest absolute Gasteiger partial charge is 0.368 e. The standard InChI is InChI=1S/C18H21N3O/c1-20(2)12-13-21-16-11-7-6-10-15(16)19-17(18(21)22)14-8-4-3-5-9-14/h3-11,17,19H,12-13H2,1-2H3. The predicted octanol–water partition coefficient (Wildman–Crippen LogP) is 2.75. The van der Waals surface area contributed by atoms with Crippen molar-refractivity contribution >= 4 is 17.3 Å². The summed E-state index contributed by atoms with van der Waals surface area (Å²) in [5.41, 5.74) is 2.97. The Morgan fingerprint density at radius 2 is 1.73 bits per heavy atom. The van der Waals surface area contributed by atoms with Gasteiger partial charge < -0.3 is 15.1 Å². The first-order chi connectivity index (χ1) is 10.7. The van der Waals surface area contributed by atoms with Crippen LogP contribution in [0.1, 0.15) is 11.6 Å². The van der Waals surface area contributed by atoms with E-state index in [1.807, 2.05) is 73.6 Å². The molecule has 22 heavy (non-hydrogen) atoms. The van der Waals surface area contributed by atoms with E-state index in [0.717, 1.165) is 23.5 Å². The van der Waals surface area contributed by atoms with Gasteiger partial charge in [0.1, 0.15) is 6.04 Å². The molecule has 1 heterocycles. The van der Waals surface area contributed by atoms with Crippen molar-refractivity contribution in [2.45, 2.75) is 6.04 Å². The van der Waals surface area contributed by atoms with Crippen LogP contribution in [0.5, 0.6) is 0 Å². The molecule has 0 fully saturated rings. The van der Waals surface area contributed by atoms with E-state index in [9.17, 15) is 4.79 Å². The lowest BCUT2D eigenvalue weighted by Gasteiger charge is -2.36. The highest BCUT2D eigenvalue weighted by Crippen LogP contribution is 2.36. The number of benzene rings is 2. The van der Waals surface area contributed by atoms with Crippen molar-refractivity contribution in [3.05, 3.63) is 60.2 Å². The number of nitrogens with one attached hydrogen (secondary N) is 1. The Morgan fingerprint density at radius 3 is 2.45 bits per heavy atom. The van der Waals surface area contributed by atoms with Crippen molar-refractivity contribution in [2.24, 2.45) is 0 Å². The van der Waals surface area contributed by atoms with Gasteiger partial charge in [0.25, 0.3) is 5.91 Å². The van der Waals surface area contributed by atoms with Gasteiger partial charge in [-0.2, -0.15) is 0 Å². The number of hydrogen-bond acceptors (Lipinski definition) is 3. The van der Waals surface area contributed by atoms with Crippen LogP contribution in [0.4, 0.5) is 11.4 Å². The molecule has 3 rings (SSSR count). The monoisotopic (exact) mass is 295 g/mol. The molecule has 0 spiro atoms. The average molecular weight is 295 g/mol. The lowest BCUT2D eigenvalue weighted by atomic mass is 10.0. The minimum Gasteiger partial charge on any atom is -0.368 e. The Bertz CT molecular complexity index is 654. The fourth-order valence-electron chi connectivity index (χ4n) is 2.72. The summed E-state index contributed by atoms with van der Waals surface area (Å²) in [6.07, 6.45) is 0. The highest BCUT2D eigenvalue weighted by molar-refractivity contribution is 6.05. The predicted molar refractivity (Wildman–Crippen MR) is 90.2 cm³/mol. The van der Waals surface area contributed by atoms with E-state index in [1.165, 1.54) is 0 Å². The first-order valence-corrected chi connectivity index (χ1v) is 7.53. The van der Waals surface area contributed by atoms with Crippen LogP contribution in [0, 0.1) is 0 Å². The summed E-state index contributed by atoms with van der Waals surface area (Å²) in [6, 6.07) is 17.6. The Labute approximate surface area is 131 Å². The highest BCUT2D eigenvalue weighted by Gasteiger charge is 2.32. The smallest absolute Gasteiger partial charge is 0.254 e. The molecule has 1 atom stereocenters. The molecule has 0 saturated carbocycles. The van der Waals surface area contributed by atoms with Crippen molar-refractivity contribution in [2.75, 3.05) is 37.4 Å². The van der Waals surface area contributed by atoms with Crippen molar-refractivity contribution in [3.63, 3.8) is 0 Å². The maximum atomic E-state index is 12.9. The molecule has 2 aromatic rings. The third kappa shape index (κ3) is 2.83. The van der Waals surface area contributed by atoms with Gasteiger partial charge in [0.15, 0.2) is 0 Å². The molecule has 0 aliphatic carbocycles. The fourth-order valence-corrected chi connectivity index (χ4v) is 2.72. The van der Waals surface area contributed by atoms with E-state index in [0.29, 0.717) is 6.54 Å². The molecule has 1 aliphatic rings. The van der Waals surface area contributed by atoms with Gasteiger partial charge >= 0.3 is 0 Å². The normalized spacial score (nSPS) is 17.3. The van der Waals surface area contributed by atoms with E-state index in [4.69, 9.17) is 0 Å². The number of carbonyl (C=O) groups excluding carboxylic acids is 1. The van der Waals surface area contributed by atoms with Crippen molar-refractivity contribution in [1.29, 1.82) is 0 Å². The van der Waals surface area contributed by atoms with Gasteiger partial charge in [-0.25, -0.2) is 0 Å². The number of anilines is 2. The maximum absolute atomic E-state index is 12.9. The molecule has 1 amide bonds. The van der Waals surface area contributed by atoms with E-state index < -0.39 is 0 Å². The second-order valence-corrected chi connectivity index (χ2v) is 5.80. The number of rotatable bonds is 4. The van der Waals surface area contributed by atoms with Gasteiger partial charge in [0.05, 0.1) is 11.4 Å². The SMILES string of the molecule is CN(C)CCN1C(=O)C(c2ccccc2)Nc2ccccc21. The van der Waals surface area contributed by atoms with Crippen LogP contribution in [-0.4, -0.2) is 38.0 Å². The van der Waals surface area contributed by atoms with Crippen LogP contribution in [0.3, 0.4) is 0 Å². The molecule has 2 aromatic carbocycles. The number of carbonyl (C=O) groups is 1. The van der Waals surface area contributed by atoms with Gasteiger partial charge in [-0.05, 0) is 31.8 Å². The minimum absolute atomic E-state index is 0.103. The number of hydrogen-bond donors (Lipinski definition) is 1. The van der Waals surface area contributed by atoms with Crippen molar-refractivity contribution in [1.82, 2.24) is 4.90 Å². The molecule has 1 aliphatic heterocycles. The topological polar surface area (TPSA) is 35.6 Å². The quantitative estimate of drug-likeness (QED) is 0.942. The van der Waals surface area contributed by atoms with E-state index in [2.05, 4.69) is 10.2 Å². The third-order valence-corrected chi connectivity index (χ3v) is 3.91. The average Bonchev–Trinajstić information content (AvgIpc) is 2.54. The number of nitrogens with zero attached hydrogens (tertiary/aromatic N) is 2. The minimum atomic E-state index is -0.321. The van der Waals surface area contributed by atoms with Crippen LogP contribution in [0.25, 0.3) is 0 Å². The molecule has 1 N–H and O–H groups in total. The first-order valence-electron chi connectivity index (χ1n) is 7.53. The van der Waals surface area contributed by atoms with Gasteiger partial charge in [-0.1, -0.05) is 42.5 Å². The highest BCUT2D eigenvalue weighted by atomic mass is 16.2. The Balaban J connectivity index is 1.95. The lowest BCUT2D eigenvalue weighted by Crippen LogP contribution is -2.45. The molecule has 0 radical (unpaired) electrons. The van der Waals surface area contributed by atoms with E-state index in [1.54, 1.807) is 0 Å². The van der Waals surface area contributed by atoms with Gasteiger partial charge in [0, 0.05) is 13.1 Å². The van der Waals surface area contributed by atoms with Crippen LogP contribution in [0.15, 0.2) is 54.6 Å². The maximum Gasteiger partial charge on any atom is 0.254 e. The summed E-state index contributed by atoms with van der Waals surface area (Å²) >= 11 is 0. The third-order valence-electron chi connectivity index (χ3n) is 3.91. The van der Waals surface area contributed by atoms with E-state index >= 15 is 0 Å². The summed E-state index contributed by atoms with van der Waals surface area (Å²) in [5, 5.41) is 3.38. The second-order valence-electron chi connectivity index (χ2n) is 5.80. The molecule has 1 unspecified atom stereocenters. The Kier molecular flexibility index (Phi) is 4.11. The molecule has 114 valence electrons. The van der Waals surface area contributed by atoms with Gasteiger partial charge in [-0.15, -0.1) is 0 Å². The van der Waals surface area contributed by atoms with Crippen LogP contribution in [-0.2, 0) is 4.79 Å². The lowest BCUT2D eigenvalue weighted by molar-refractivity contribution is -0.119. The number of likely N-dealkylation sites (N-methyl/N-ethyl adjacent to an activating group) is 1. The van der Waals surface area contributed by atoms with Gasteiger partial charge in [-0.3, -0.25) is 4.79 Å². The molecular formula is C18H21N3O. The summed E-state index contributed by atoms with van der Waals surface area (Å²) < 4.78 is 0. The summed E-state index contributed by atoms with van der Waals surface area (Å²) in [4.78, 5) is 16.9. The Hall–Kier alpha value is -2.33. The van der Waals surface area contributed by atoms with Crippen LogP contribution in [0.2, 0.25) is 0 Å². The molecule has 0 bridgehead atoms. The second kappa shape index (κ2) is 6.20. The first kappa shape index (κ1) is 14.6. The van der Waals surface area contributed by atoms with Crippen molar-refractivity contribution in [3.8, 4) is 0 Å². The zero-order valence-corrected chi connectivity index (χ0v) is 13.0. The Morgan fingerprint density at radius 1 is 1.05 bits per heavy atom.